The van der Waals surface area contributed by atoms with Crippen molar-refractivity contribution in [2.75, 3.05) is 38.7 Å². The van der Waals surface area contributed by atoms with Gasteiger partial charge in [0.05, 0.1) is 35.5 Å². The van der Waals surface area contributed by atoms with E-state index in [1.807, 2.05) is 29.5 Å². The molecule has 9 heteroatoms. The van der Waals surface area contributed by atoms with Gasteiger partial charge >= 0.3 is 0 Å². The van der Waals surface area contributed by atoms with E-state index in [1.54, 1.807) is 12.4 Å². The summed E-state index contributed by atoms with van der Waals surface area (Å²) in [6.07, 6.45) is 6.20. The van der Waals surface area contributed by atoms with E-state index in [0.717, 1.165) is 47.7 Å². The van der Waals surface area contributed by atoms with Gasteiger partial charge in [0.15, 0.2) is 0 Å². The fourth-order valence-corrected chi connectivity index (χ4v) is 4.92. The molecule has 1 saturated heterocycles. The molecule has 0 unspecified atom stereocenters. The van der Waals surface area contributed by atoms with Crippen molar-refractivity contribution in [1.82, 2.24) is 19.6 Å². The van der Waals surface area contributed by atoms with Crippen LogP contribution in [0.25, 0.3) is 16.9 Å². The lowest BCUT2D eigenvalue weighted by molar-refractivity contribution is 0.0966. The first-order valence-electron chi connectivity index (χ1n) is 12.9. The number of benzene rings is 1. The van der Waals surface area contributed by atoms with E-state index in [0.29, 0.717) is 42.4 Å². The Morgan fingerprint density at radius 2 is 2.26 bits per heavy atom. The normalized spacial score (nSPS) is 17.8. The van der Waals surface area contributed by atoms with Gasteiger partial charge in [-0.25, -0.2) is 14.4 Å². The number of carbonyl (C=O) groups is 1. The lowest BCUT2D eigenvalue weighted by Crippen LogP contribution is -2.29. The van der Waals surface area contributed by atoms with Crippen LogP contribution < -0.4 is 10.6 Å². The second kappa shape index (κ2) is 10.9. The van der Waals surface area contributed by atoms with E-state index < -0.39 is 0 Å². The van der Waals surface area contributed by atoms with Crippen LogP contribution >= 0.6 is 0 Å². The van der Waals surface area contributed by atoms with Crippen molar-refractivity contribution in [1.29, 1.82) is 0 Å². The Morgan fingerprint density at radius 3 is 3.00 bits per heavy atom. The fraction of sp³-hybridized carbons (Fsp3) is 0.345. The molecule has 1 amide bonds. The molecule has 198 valence electrons. The van der Waals surface area contributed by atoms with Crippen LogP contribution in [0, 0.1) is 11.7 Å². The molecule has 0 spiro atoms. The van der Waals surface area contributed by atoms with Gasteiger partial charge in [-0.2, -0.15) is 0 Å². The summed E-state index contributed by atoms with van der Waals surface area (Å²) in [4.78, 5) is 24.5. The molecule has 8 nitrogen and oxygen atoms in total. The first-order chi connectivity index (χ1) is 18.4. The summed E-state index contributed by atoms with van der Waals surface area (Å²) in [7, 11) is 2.06. The van der Waals surface area contributed by atoms with Gasteiger partial charge in [0.2, 0.25) is 0 Å². The SMILES string of the molecule is C=C(/C(CN(C)CC)=N\C(=C/C)Nc1ccc(-c2cnc3cc(F)ccn23)c2c1C(=O)NC2)[C@H]1CCOC1. The maximum absolute atomic E-state index is 13.7. The van der Waals surface area contributed by atoms with Crippen LogP contribution in [0.3, 0.4) is 0 Å². The van der Waals surface area contributed by atoms with Gasteiger partial charge in [-0.05, 0) is 56.3 Å². The summed E-state index contributed by atoms with van der Waals surface area (Å²) in [6.45, 7) is 11.7. The molecule has 0 saturated carbocycles. The Bertz CT molecular complexity index is 1450. The average Bonchev–Trinajstić information content (AvgIpc) is 3.68. The fourth-order valence-electron chi connectivity index (χ4n) is 4.92. The molecular weight excluding hydrogens is 483 g/mol. The minimum atomic E-state index is -0.344. The highest BCUT2D eigenvalue weighted by Crippen LogP contribution is 2.35. The maximum Gasteiger partial charge on any atom is 0.254 e. The number of halogens is 1. The number of ether oxygens (including phenoxy) is 1. The number of aliphatic imine (C=N–C) groups is 1. The number of amides is 1. The van der Waals surface area contributed by atoms with Crippen molar-refractivity contribution >= 4 is 23.0 Å². The number of anilines is 1. The largest absolute Gasteiger partial charge is 0.381 e. The minimum absolute atomic E-state index is 0.151. The van der Waals surface area contributed by atoms with Crippen LogP contribution in [0.1, 0.15) is 36.2 Å². The summed E-state index contributed by atoms with van der Waals surface area (Å²) in [5.41, 5.74) is 6.18. The molecule has 2 aliphatic rings. The Morgan fingerprint density at radius 1 is 1.42 bits per heavy atom. The number of carbonyl (C=O) groups excluding carboxylic acids is 1. The number of imidazole rings is 1. The first kappa shape index (κ1) is 25.8. The molecular formula is C29H33FN6O2. The number of hydrogen-bond acceptors (Lipinski definition) is 6. The number of rotatable bonds is 9. The van der Waals surface area contributed by atoms with E-state index >= 15 is 0 Å². The zero-order valence-electron chi connectivity index (χ0n) is 22.1. The van der Waals surface area contributed by atoms with Crippen LogP contribution in [0.2, 0.25) is 0 Å². The van der Waals surface area contributed by atoms with Gasteiger partial charge in [-0.15, -0.1) is 0 Å². The number of allylic oxidation sites excluding steroid dienone is 1. The Hall–Kier alpha value is -3.82. The topological polar surface area (TPSA) is 83.3 Å². The molecule has 2 aliphatic heterocycles. The van der Waals surface area contributed by atoms with Crippen molar-refractivity contribution in [3.05, 3.63) is 77.7 Å². The number of pyridine rings is 1. The molecule has 1 atom stereocenters. The zero-order valence-corrected chi connectivity index (χ0v) is 22.1. The Labute approximate surface area is 221 Å². The van der Waals surface area contributed by atoms with Gasteiger partial charge in [0.1, 0.15) is 17.3 Å². The van der Waals surface area contributed by atoms with E-state index in [1.165, 1.54) is 12.1 Å². The highest BCUT2D eigenvalue weighted by atomic mass is 19.1. The highest BCUT2D eigenvalue weighted by Gasteiger charge is 2.28. The quantitative estimate of drug-likeness (QED) is 0.405. The van der Waals surface area contributed by atoms with Crippen molar-refractivity contribution in [3.8, 4) is 11.3 Å². The smallest absolute Gasteiger partial charge is 0.254 e. The van der Waals surface area contributed by atoms with Crippen molar-refractivity contribution < 1.29 is 13.9 Å². The van der Waals surface area contributed by atoms with Gasteiger partial charge in [-0.1, -0.05) is 19.6 Å². The predicted molar refractivity (Wildman–Crippen MR) is 148 cm³/mol. The van der Waals surface area contributed by atoms with Gasteiger partial charge in [-0.3, -0.25) is 9.20 Å². The second-order valence-electron chi connectivity index (χ2n) is 9.69. The molecule has 38 heavy (non-hydrogen) atoms. The number of aromatic nitrogens is 2. The molecule has 3 aromatic rings. The summed E-state index contributed by atoms with van der Waals surface area (Å²) in [5, 5.41) is 6.34. The molecule has 2 N–H and O–H groups in total. The molecule has 1 aromatic carbocycles. The molecule has 0 bridgehead atoms. The van der Waals surface area contributed by atoms with E-state index in [9.17, 15) is 9.18 Å². The third-order valence-corrected chi connectivity index (χ3v) is 7.26. The monoisotopic (exact) mass is 516 g/mol. The standard InChI is InChI=1S/C29H33FN6O2/c1-5-26(34-24(16-35(4)6-2)18(3)19-10-12-38-17-19)33-23-8-7-21(22-14-32-29(37)28(22)23)25-15-31-27-13-20(30)9-11-36(25)27/h5,7-9,11,13,15,19,33H,3,6,10,12,14,16-17H2,1-2,4H3,(H,32,37)/b26-5-,34-24-/t19-/m0/s1. The molecule has 2 aromatic heterocycles. The van der Waals surface area contributed by atoms with Crippen molar-refractivity contribution in [3.63, 3.8) is 0 Å². The van der Waals surface area contributed by atoms with Crippen LogP contribution in [-0.4, -0.2) is 59.3 Å². The van der Waals surface area contributed by atoms with Gasteiger partial charge in [0, 0.05) is 43.4 Å². The average molecular weight is 517 g/mol. The van der Waals surface area contributed by atoms with Gasteiger partial charge in [0.25, 0.3) is 5.91 Å². The third-order valence-electron chi connectivity index (χ3n) is 7.26. The van der Waals surface area contributed by atoms with Crippen LogP contribution in [0.4, 0.5) is 10.1 Å². The molecule has 4 heterocycles. The van der Waals surface area contributed by atoms with Gasteiger partial charge < -0.3 is 20.3 Å². The van der Waals surface area contributed by atoms with E-state index in [-0.39, 0.29) is 17.6 Å². The van der Waals surface area contributed by atoms with E-state index in [2.05, 4.69) is 41.1 Å². The van der Waals surface area contributed by atoms with Crippen LogP contribution in [-0.2, 0) is 11.3 Å². The van der Waals surface area contributed by atoms with Crippen LogP contribution in [0.5, 0.6) is 0 Å². The summed E-state index contributed by atoms with van der Waals surface area (Å²) < 4.78 is 21.1. The lowest BCUT2D eigenvalue weighted by Gasteiger charge is -2.21. The maximum atomic E-state index is 13.7. The Balaban J connectivity index is 1.49. The number of fused-ring (bicyclic) bond motifs is 2. The predicted octanol–water partition coefficient (Wildman–Crippen LogP) is 4.64. The minimum Gasteiger partial charge on any atom is -0.381 e. The summed E-state index contributed by atoms with van der Waals surface area (Å²) in [6, 6.07) is 6.63. The second-order valence-corrected chi connectivity index (χ2v) is 9.69. The molecule has 5 rings (SSSR count). The number of hydrogen-bond donors (Lipinski definition) is 2. The summed E-state index contributed by atoms with van der Waals surface area (Å²) >= 11 is 0. The summed E-state index contributed by atoms with van der Waals surface area (Å²) in [5.74, 6) is 0.403. The highest BCUT2D eigenvalue weighted by molar-refractivity contribution is 6.06. The lowest BCUT2D eigenvalue weighted by atomic mass is 9.95. The number of nitrogens with one attached hydrogen (secondary N) is 2. The molecule has 0 radical (unpaired) electrons. The molecule has 1 fully saturated rings. The Kier molecular flexibility index (Phi) is 7.40. The third kappa shape index (κ3) is 4.99. The van der Waals surface area contributed by atoms with E-state index in [4.69, 9.17) is 9.73 Å². The van der Waals surface area contributed by atoms with Crippen LogP contribution in [0.15, 0.2) is 65.7 Å². The number of nitrogens with zero attached hydrogens (tertiary/aromatic N) is 4. The van der Waals surface area contributed by atoms with Crippen molar-refractivity contribution in [2.24, 2.45) is 10.9 Å². The first-order valence-corrected chi connectivity index (χ1v) is 12.9. The zero-order chi connectivity index (χ0) is 26.8. The van der Waals surface area contributed by atoms with Crippen molar-refractivity contribution in [2.45, 2.75) is 26.8 Å². The molecule has 0 aliphatic carbocycles.